The lowest BCUT2D eigenvalue weighted by molar-refractivity contribution is -0.182. The fraction of sp³-hybridized carbons (Fsp3) is 0.462. The van der Waals surface area contributed by atoms with Crippen LogP contribution in [0.2, 0.25) is 0 Å². The van der Waals surface area contributed by atoms with E-state index < -0.39 is 61.9 Å². The molecule has 2 heterocycles. The normalized spacial score (nSPS) is 18.4. The molecule has 11 nitrogen and oxygen atoms in total. The maximum atomic E-state index is 14.5. The number of rotatable bonds is 10. The maximum Gasteiger partial charge on any atom is 0.429 e. The Hall–Kier alpha value is -3.00. The summed E-state index contributed by atoms with van der Waals surface area (Å²) < 4.78 is 34.0. The van der Waals surface area contributed by atoms with Gasteiger partial charge in [0.2, 0.25) is 5.54 Å². The molecule has 1 amide bonds. The number of nitrogens with one attached hydrogen (secondary N) is 1. The summed E-state index contributed by atoms with van der Waals surface area (Å²) in [5.41, 5.74) is -2.69. The first-order valence-corrected chi connectivity index (χ1v) is 14.7. The van der Waals surface area contributed by atoms with Crippen LogP contribution in [-0.2, 0) is 35.6 Å². The summed E-state index contributed by atoms with van der Waals surface area (Å²) in [6, 6.07) is 12.5. The number of carbonyl (C=O) groups is 3. The molecule has 13 heteroatoms. The summed E-state index contributed by atoms with van der Waals surface area (Å²) in [6.45, 7) is 6.91. The van der Waals surface area contributed by atoms with E-state index in [0.29, 0.717) is 11.3 Å². The Labute approximate surface area is 233 Å². The van der Waals surface area contributed by atoms with Crippen LogP contribution in [0.5, 0.6) is 0 Å². The number of ether oxygens (including phenoxy) is 1. The van der Waals surface area contributed by atoms with Gasteiger partial charge >= 0.3 is 12.1 Å². The number of nitrogens with zero attached hydrogens (tertiary/aromatic N) is 3. The number of aromatic nitrogens is 1. The van der Waals surface area contributed by atoms with E-state index in [9.17, 15) is 22.8 Å². The van der Waals surface area contributed by atoms with Crippen LogP contribution in [0.15, 0.2) is 59.8 Å². The number of carbonyl (C=O) groups excluding carboxylic acids is 3. The van der Waals surface area contributed by atoms with Crippen molar-refractivity contribution in [3.63, 3.8) is 0 Å². The van der Waals surface area contributed by atoms with E-state index in [4.69, 9.17) is 9.57 Å². The molecule has 39 heavy (non-hydrogen) atoms. The molecule has 0 spiro atoms. The SMILES string of the molecule is CC(C)OC(=O)[C@@](Cc1ccccc1)(C(=O)[C@H]1NC(C)(C)CS1)N(OC(=O)N(C)C)S(=O)(=O)c1ccccn1. The largest absolute Gasteiger partial charge is 0.461 e. The number of ketones is 1. The Kier molecular flexibility index (Phi) is 9.42. The van der Waals surface area contributed by atoms with Crippen molar-refractivity contribution >= 4 is 39.6 Å². The highest BCUT2D eigenvalue weighted by Crippen LogP contribution is 2.37. The van der Waals surface area contributed by atoms with Crippen LogP contribution in [0.25, 0.3) is 0 Å². The zero-order chi connectivity index (χ0) is 29.0. The summed E-state index contributed by atoms with van der Waals surface area (Å²) in [5.74, 6) is -1.50. The van der Waals surface area contributed by atoms with Gasteiger partial charge in [-0.25, -0.2) is 23.0 Å². The standard InChI is InChI=1S/C26H34N4O7S2/c1-18(2)36-23(32)26(16-19-12-8-7-9-13-19,21(31)22-28-25(3,4)17-38-22)30(37-24(33)29(5)6)39(34,35)20-14-10-11-15-27-20/h7-15,18,22,28H,16-17H2,1-6H3/t22-,26+/m0/s1. The highest BCUT2D eigenvalue weighted by Gasteiger charge is 2.63. The van der Waals surface area contributed by atoms with Gasteiger partial charge in [0, 0.05) is 42.5 Å². The average molecular weight is 579 g/mol. The molecule has 0 bridgehead atoms. The Bertz CT molecular complexity index is 1290. The molecule has 1 aromatic heterocycles. The zero-order valence-electron chi connectivity index (χ0n) is 22.8. The van der Waals surface area contributed by atoms with Crippen LogP contribution < -0.4 is 5.32 Å². The van der Waals surface area contributed by atoms with Crippen LogP contribution in [0.1, 0.15) is 33.3 Å². The third-order valence-corrected chi connectivity index (χ3v) is 8.87. The van der Waals surface area contributed by atoms with Crippen LogP contribution in [0.4, 0.5) is 4.79 Å². The Balaban J connectivity index is 2.36. The average Bonchev–Trinajstić information content (AvgIpc) is 3.25. The number of esters is 1. The zero-order valence-corrected chi connectivity index (χ0v) is 24.4. The Morgan fingerprint density at radius 3 is 2.28 bits per heavy atom. The van der Waals surface area contributed by atoms with Gasteiger partial charge in [0.05, 0.1) is 6.10 Å². The van der Waals surface area contributed by atoms with Gasteiger partial charge in [-0.15, -0.1) is 11.8 Å². The molecule has 1 N–H and O–H groups in total. The number of hydrogen-bond acceptors (Lipinski definition) is 10. The molecule has 1 aromatic carbocycles. The quantitative estimate of drug-likeness (QED) is 0.255. The molecule has 0 unspecified atom stereocenters. The lowest BCUT2D eigenvalue weighted by atomic mass is 9.86. The first-order valence-electron chi connectivity index (χ1n) is 12.2. The minimum Gasteiger partial charge on any atom is -0.461 e. The Morgan fingerprint density at radius 1 is 1.13 bits per heavy atom. The number of benzene rings is 1. The van der Waals surface area contributed by atoms with E-state index in [-0.39, 0.29) is 4.47 Å². The molecule has 212 valence electrons. The number of sulfonamides is 1. The lowest BCUT2D eigenvalue weighted by Crippen LogP contribution is -2.68. The smallest absolute Gasteiger partial charge is 0.429 e. The summed E-state index contributed by atoms with van der Waals surface area (Å²) in [6.07, 6.45) is -1.07. The van der Waals surface area contributed by atoms with E-state index >= 15 is 0 Å². The van der Waals surface area contributed by atoms with Crippen molar-refractivity contribution in [3.05, 3.63) is 60.3 Å². The third kappa shape index (κ3) is 6.78. The van der Waals surface area contributed by atoms with Crippen molar-refractivity contribution in [2.24, 2.45) is 0 Å². The van der Waals surface area contributed by atoms with Crippen LogP contribution >= 0.6 is 11.8 Å². The highest BCUT2D eigenvalue weighted by molar-refractivity contribution is 8.00. The first-order chi connectivity index (χ1) is 18.2. The van der Waals surface area contributed by atoms with Crippen LogP contribution in [0.3, 0.4) is 0 Å². The Morgan fingerprint density at radius 2 is 1.77 bits per heavy atom. The molecule has 0 aliphatic carbocycles. The molecular formula is C26H34N4O7S2. The second kappa shape index (κ2) is 12.0. The number of amides is 1. The third-order valence-electron chi connectivity index (χ3n) is 5.72. The van der Waals surface area contributed by atoms with Gasteiger partial charge in [-0.3, -0.25) is 10.1 Å². The molecular weight excluding hydrogens is 544 g/mol. The maximum absolute atomic E-state index is 14.5. The van der Waals surface area contributed by atoms with Crippen molar-refractivity contribution in [1.82, 2.24) is 19.7 Å². The monoisotopic (exact) mass is 578 g/mol. The number of Topliss-reactive ketones (excluding diaryl/α,β-unsaturated/α-hetero) is 1. The van der Waals surface area contributed by atoms with Crippen molar-refractivity contribution < 1.29 is 32.4 Å². The van der Waals surface area contributed by atoms with E-state index in [0.717, 1.165) is 4.90 Å². The van der Waals surface area contributed by atoms with Crippen molar-refractivity contribution in [1.29, 1.82) is 0 Å². The summed E-state index contributed by atoms with van der Waals surface area (Å²) in [5, 5.41) is 1.64. The van der Waals surface area contributed by atoms with Gasteiger partial charge in [-0.05, 0) is 45.4 Å². The van der Waals surface area contributed by atoms with E-state index in [2.05, 4.69) is 10.3 Å². The number of hydroxylamine groups is 1. The first kappa shape index (κ1) is 30.5. The molecule has 3 rings (SSSR count). The predicted molar refractivity (Wildman–Crippen MR) is 146 cm³/mol. The second-order valence-corrected chi connectivity index (χ2v) is 13.0. The van der Waals surface area contributed by atoms with Gasteiger partial charge in [-0.1, -0.05) is 36.4 Å². The molecule has 1 saturated heterocycles. The van der Waals surface area contributed by atoms with Gasteiger partial charge in [-0.2, -0.15) is 0 Å². The number of thioether (sulfide) groups is 1. The number of pyridine rings is 1. The molecule has 0 radical (unpaired) electrons. The predicted octanol–water partition coefficient (Wildman–Crippen LogP) is 2.63. The van der Waals surface area contributed by atoms with Crippen LogP contribution in [0, 0.1) is 0 Å². The van der Waals surface area contributed by atoms with E-state index in [1.807, 2.05) is 13.8 Å². The minimum absolute atomic E-state index is 0.193. The molecule has 1 aliphatic rings. The highest BCUT2D eigenvalue weighted by atomic mass is 32.2. The van der Waals surface area contributed by atoms with Gasteiger partial charge < -0.3 is 14.5 Å². The van der Waals surface area contributed by atoms with Crippen molar-refractivity contribution in [2.75, 3.05) is 19.8 Å². The molecule has 2 aromatic rings. The summed E-state index contributed by atoms with van der Waals surface area (Å²) in [4.78, 5) is 51.9. The minimum atomic E-state index is -4.90. The molecule has 1 fully saturated rings. The summed E-state index contributed by atoms with van der Waals surface area (Å²) >= 11 is 1.22. The van der Waals surface area contributed by atoms with Gasteiger partial charge in [0.25, 0.3) is 10.0 Å². The fourth-order valence-electron chi connectivity index (χ4n) is 3.85. The summed E-state index contributed by atoms with van der Waals surface area (Å²) in [7, 11) is -2.21. The van der Waals surface area contributed by atoms with Gasteiger partial charge in [0.15, 0.2) is 10.8 Å². The lowest BCUT2D eigenvalue weighted by Gasteiger charge is -2.39. The molecule has 1 aliphatic heterocycles. The van der Waals surface area contributed by atoms with E-state index in [1.54, 1.807) is 44.2 Å². The fourth-order valence-corrected chi connectivity index (χ4v) is 6.68. The van der Waals surface area contributed by atoms with Crippen LogP contribution in [-0.4, -0.2) is 83.0 Å². The van der Waals surface area contributed by atoms with Crippen molar-refractivity contribution in [3.8, 4) is 0 Å². The van der Waals surface area contributed by atoms with Gasteiger partial charge in [0.1, 0.15) is 5.37 Å². The van der Waals surface area contributed by atoms with Crippen molar-refractivity contribution in [2.45, 2.75) is 61.7 Å². The number of hydrogen-bond donors (Lipinski definition) is 1. The molecule has 2 atom stereocenters. The topological polar surface area (TPSA) is 135 Å². The second-order valence-electron chi connectivity index (χ2n) is 10.2. The molecule has 0 saturated carbocycles. The van der Waals surface area contributed by atoms with E-state index in [1.165, 1.54) is 50.3 Å².